The molecule has 0 aliphatic carbocycles. The Morgan fingerprint density at radius 2 is 1.87 bits per heavy atom. The van der Waals surface area contributed by atoms with Crippen molar-refractivity contribution < 1.29 is 0 Å². The van der Waals surface area contributed by atoms with Crippen LogP contribution in [0.25, 0.3) is 0 Å². The molecule has 2 aromatic rings. The summed E-state index contributed by atoms with van der Waals surface area (Å²) >= 11 is 0. The predicted octanol–water partition coefficient (Wildman–Crippen LogP) is 4.71. The molecule has 1 fully saturated rings. The van der Waals surface area contributed by atoms with E-state index >= 15 is 0 Å². The van der Waals surface area contributed by atoms with Gasteiger partial charge in [0.1, 0.15) is 0 Å². The molecule has 3 rings (SSSR count). The van der Waals surface area contributed by atoms with Gasteiger partial charge in [-0.25, -0.2) is 0 Å². The van der Waals surface area contributed by atoms with Gasteiger partial charge in [0.2, 0.25) is 0 Å². The molecule has 2 unspecified atom stereocenters. The lowest BCUT2D eigenvalue weighted by molar-refractivity contribution is 0.519. The molecule has 0 radical (unpaired) electrons. The Bertz CT molecular complexity index is 697. The van der Waals surface area contributed by atoms with Gasteiger partial charge < -0.3 is 4.90 Å². The van der Waals surface area contributed by atoms with Crippen molar-refractivity contribution in [3.8, 4) is 6.07 Å². The minimum absolute atomic E-state index is 0.363. The fourth-order valence-electron chi connectivity index (χ4n) is 3.57. The van der Waals surface area contributed by atoms with E-state index in [1.165, 1.54) is 28.8 Å². The van der Waals surface area contributed by atoms with Crippen LogP contribution in [0.4, 0.5) is 5.69 Å². The van der Waals surface area contributed by atoms with Crippen LogP contribution in [0.15, 0.2) is 48.5 Å². The molecule has 2 nitrogen and oxygen atoms in total. The Hall–Kier alpha value is -2.27. The molecule has 2 aromatic carbocycles. The van der Waals surface area contributed by atoms with Crippen LogP contribution in [0.3, 0.4) is 0 Å². The average Bonchev–Trinajstić information content (AvgIpc) is 2.92. The molecule has 23 heavy (non-hydrogen) atoms. The Kier molecular flexibility index (Phi) is 4.67. The van der Waals surface area contributed by atoms with Crippen LogP contribution in [0.1, 0.15) is 36.5 Å². The highest BCUT2D eigenvalue weighted by atomic mass is 15.2. The first-order valence-corrected chi connectivity index (χ1v) is 8.46. The quantitative estimate of drug-likeness (QED) is 0.817. The lowest BCUT2D eigenvalue weighted by atomic mass is 9.99. The molecule has 0 amide bonds. The van der Waals surface area contributed by atoms with E-state index in [0.717, 1.165) is 13.0 Å². The van der Waals surface area contributed by atoms with E-state index in [-0.39, 0.29) is 0 Å². The number of rotatable bonds is 4. The SMILES string of the molecule is Cc1ccccc1Cc1ccc(N2CCC(C)C2CC#N)cc1. The minimum Gasteiger partial charge on any atom is -0.367 e. The molecule has 118 valence electrons. The van der Waals surface area contributed by atoms with Gasteiger partial charge in [-0.3, -0.25) is 0 Å². The van der Waals surface area contributed by atoms with E-state index in [1.54, 1.807) is 0 Å². The molecule has 1 aliphatic heterocycles. The van der Waals surface area contributed by atoms with Gasteiger partial charge in [-0.2, -0.15) is 5.26 Å². The number of benzene rings is 2. The van der Waals surface area contributed by atoms with E-state index in [1.807, 2.05) is 0 Å². The van der Waals surface area contributed by atoms with Crippen molar-refractivity contribution in [1.82, 2.24) is 0 Å². The predicted molar refractivity (Wildman–Crippen MR) is 95.6 cm³/mol. The normalized spacial score (nSPS) is 20.5. The highest BCUT2D eigenvalue weighted by molar-refractivity contribution is 5.50. The van der Waals surface area contributed by atoms with Gasteiger partial charge in [0.15, 0.2) is 0 Å². The number of nitrogens with zero attached hydrogens (tertiary/aromatic N) is 2. The summed E-state index contributed by atoms with van der Waals surface area (Å²) in [6, 6.07) is 20.2. The van der Waals surface area contributed by atoms with E-state index in [0.29, 0.717) is 18.4 Å². The Balaban J connectivity index is 1.75. The zero-order chi connectivity index (χ0) is 16.2. The van der Waals surface area contributed by atoms with Crippen molar-refractivity contribution in [1.29, 1.82) is 5.26 Å². The molecule has 2 heteroatoms. The van der Waals surface area contributed by atoms with Gasteiger partial charge in [0.25, 0.3) is 0 Å². The van der Waals surface area contributed by atoms with Crippen molar-refractivity contribution in [2.45, 2.75) is 39.2 Å². The van der Waals surface area contributed by atoms with E-state index in [4.69, 9.17) is 5.26 Å². The summed E-state index contributed by atoms with van der Waals surface area (Å²) in [5.74, 6) is 0.598. The van der Waals surface area contributed by atoms with E-state index in [9.17, 15) is 0 Å². The molecule has 0 spiro atoms. The summed E-state index contributed by atoms with van der Waals surface area (Å²) in [5.41, 5.74) is 5.33. The summed E-state index contributed by atoms with van der Waals surface area (Å²) in [4.78, 5) is 2.41. The Morgan fingerprint density at radius 3 is 2.57 bits per heavy atom. The summed E-state index contributed by atoms with van der Waals surface area (Å²) in [6.45, 7) is 5.49. The maximum Gasteiger partial charge on any atom is 0.0643 e. The zero-order valence-electron chi connectivity index (χ0n) is 14.0. The molecule has 0 bridgehead atoms. The lowest BCUT2D eigenvalue weighted by Crippen LogP contribution is -2.31. The molecule has 1 aliphatic rings. The second kappa shape index (κ2) is 6.87. The van der Waals surface area contributed by atoms with Gasteiger partial charge in [-0.1, -0.05) is 43.3 Å². The first-order chi connectivity index (χ1) is 11.2. The first kappa shape index (κ1) is 15.6. The van der Waals surface area contributed by atoms with Crippen molar-refractivity contribution in [2.24, 2.45) is 5.92 Å². The van der Waals surface area contributed by atoms with Crippen LogP contribution in [0.5, 0.6) is 0 Å². The Labute approximate surface area is 139 Å². The van der Waals surface area contributed by atoms with Crippen molar-refractivity contribution in [3.05, 3.63) is 65.2 Å². The first-order valence-electron chi connectivity index (χ1n) is 8.46. The topological polar surface area (TPSA) is 27.0 Å². The summed E-state index contributed by atoms with van der Waals surface area (Å²) < 4.78 is 0. The van der Waals surface area contributed by atoms with Gasteiger partial charge in [-0.05, 0) is 54.5 Å². The molecule has 0 saturated carbocycles. The lowest BCUT2D eigenvalue weighted by Gasteiger charge is -2.27. The minimum atomic E-state index is 0.363. The fraction of sp³-hybridized carbons (Fsp3) is 0.381. The van der Waals surface area contributed by atoms with Gasteiger partial charge in [-0.15, -0.1) is 0 Å². The maximum absolute atomic E-state index is 9.07. The highest BCUT2D eigenvalue weighted by Crippen LogP contribution is 2.31. The van der Waals surface area contributed by atoms with Crippen LogP contribution in [0, 0.1) is 24.2 Å². The Morgan fingerprint density at radius 1 is 1.13 bits per heavy atom. The third kappa shape index (κ3) is 3.40. The number of hydrogen-bond donors (Lipinski definition) is 0. The van der Waals surface area contributed by atoms with Crippen molar-refractivity contribution in [2.75, 3.05) is 11.4 Å². The van der Waals surface area contributed by atoms with Crippen LogP contribution in [0.2, 0.25) is 0 Å². The van der Waals surface area contributed by atoms with Gasteiger partial charge in [0, 0.05) is 18.3 Å². The fourth-order valence-corrected chi connectivity index (χ4v) is 3.57. The van der Waals surface area contributed by atoms with Crippen LogP contribution in [-0.4, -0.2) is 12.6 Å². The monoisotopic (exact) mass is 304 g/mol. The molecule has 1 saturated heterocycles. The van der Waals surface area contributed by atoms with E-state index in [2.05, 4.69) is 73.3 Å². The number of hydrogen-bond acceptors (Lipinski definition) is 2. The van der Waals surface area contributed by atoms with Crippen molar-refractivity contribution >= 4 is 5.69 Å². The number of nitriles is 1. The molecular formula is C21H24N2. The van der Waals surface area contributed by atoms with Crippen LogP contribution >= 0.6 is 0 Å². The summed E-state index contributed by atoms with van der Waals surface area (Å²) in [5, 5.41) is 9.07. The summed E-state index contributed by atoms with van der Waals surface area (Å²) in [6.07, 6.45) is 2.77. The second-order valence-electron chi connectivity index (χ2n) is 6.66. The van der Waals surface area contributed by atoms with E-state index < -0.39 is 0 Å². The van der Waals surface area contributed by atoms with Gasteiger partial charge in [0.05, 0.1) is 12.5 Å². The molecular weight excluding hydrogens is 280 g/mol. The molecule has 1 heterocycles. The average molecular weight is 304 g/mol. The second-order valence-corrected chi connectivity index (χ2v) is 6.66. The standard InChI is InChI=1S/C21H24N2/c1-16-5-3-4-6-19(16)15-18-7-9-20(10-8-18)23-14-12-17(2)21(23)11-13-22/h3-10,17,21H,11-12,14-15H2,1-2H3. The largest absolute Gasteiger partial charge is 0.367 e. The third-order valence-electron chi connectivity index (χ3n) is 5.11. The molecule has 2 atom stereocenters. The third-order valence-corrected chi connectivity index (χ3v) is 5.11. The molecule has 0 aromatic heterocycles. The number of anilines is 1. The van der Waals surface area contributed by atoms with Crippen molar-refractivity contribution in [3.63, 3.8) is 0 Å². The van der Waals surface area contributed by atoms with Crippen LogP contribution in [-0.2, 0) is 6.42 Å². The molecule has 0 N–H and O–H groups in total. The summed E-state index contributed by atoms with van der Waals surface area (Å²) in [7, 11) is 0. The van der Waals surface area contributed by atoms with Crippen LogP contribution < -0.4 is 4.90 Å². The number of aryl methyl sites for hydroxylation is 1. The smallest absolute Gasteiger partial charge is 0.0643 e. The maximum atomic E-state index is 9.07. The zero-order valence-corrected chi connectivity index (χ0v) is 14.0. The van der Waals surface area contributed by atoms with Gasteiger partial charge >= 0.3 is 0 Å². The highest BCUT2D eigenvalue weighted by Gasteiger charge is 2.30.